The molecule has 0 saturated carbocycles. The van der Waals surface area contributed by atoms with Gasteiger partial charge < -0.3 is 15.2 Å². The van der Waals surface area contributed by atoms with Crippen molar-refractivity contribution in [2.45, 2.75) is 31.8 Å². The van der Waals surface area contributed by atoms with Gasteiger partial charge >= 0.3 is 0 Å². The molecule has 0 aliphatic heterocycles. The monoisotopic (exact) mass is 210 g/mol. The number of aromatic nitrogens is 2. The third-order valence-corrected chi connectivity index (χ3v) is 3.38. The van der Waals surface area contributed by atoms with E-state index in [0.717, 1.165) is 12.2 Å². The molecule has 0 bridgehead atoms. The maximum Gasteiger partial charge on any atom is 0.109 e. The number of hydrogen-bond donors (Lipinski definition) is 1. The van der Waals surface area contributed by atoms with Crippen molar-refractivity contribution in [3.05, 3.63) is 18.2 Å². The predicted molar refractivity (Wildman–Crippen MR) is 62.7 cm³/mol. The minimum atomic E-state index is -0.0219. The summed E-state index contributed by atoms with van der Waals surface area (Å²) in [6, 6.07) is 0.0774. The summed E-state index contributed by atoms with van der Waals surface area (Å²) < 4.78 is 2.02. The van der Waals surface area contributed by atoms with E-state index in [1.165, 1.54) is 0 Å². The highest BCUT2D eigenvalue weighted by Crippen LogP contribution is 2.16. The largest absolute Gasteiger partial charge is 0.338 e. The van der Waals surface area contributed by atoms with Crippen molar-refractivity contribution >= 4 is 0 Å². The van der Waals surface area contributed by atoms with Gasteiger partial charge in [0.15, 0.2) is 0 Å². The molecule has 1 aromatic rings. The molecule has 0 fully saturated rings. The van der Waals surface area contributed by atoms with Crippen LogP contribution in [0.25, 0.3) is 0 Å². The van der Waals surface area contributed by atoms with E-state index in [1.807, 2.05) is 24.0 Å². The highest BCUT2D eigenvalue weighted by molar-refractivity contribution is 5.00. The van der Waals surface area contributed by atoms with Gasteiger partial charge in [0.25, 0.3) is 0 Å². The third-order valence-electron chi connectivity index (χ3n) is 3.38. The van der Waals surface area contributed by atoms with Crippen molar-refractivity contribution in [2.75, 3.05) is 14.1 Å². The summed E-state index contributed by atoms with van der Waals surface area (Å²) in [7, 11) is 6.11. The standard InChI is InChI=1S/C11H22N4/c1-11(2,14(3)4)9(12)8-10-13-6-7-15(10)5/h6-7,9H,8,12H2,1-5H3. The Morgan fingerprint density at radius 2 is 2.13 bits per heavy atom. The molecule has 2 N–H and O–H groups in total. The topological polar surface area (TPSA) is 47.1 Å². The van der Waals surface area contributed by atoms with Crippen LogP contribution in [-0.2, 0) is 13.5 Å². The van der Waals surface area contributed by atoms with Gasteiger partial charge in [-0.2, -0.15) is 0 Å². The van der Waals surface area contributed by atoms with Crippen LogP contribution in [0.4, 0.5) is 0 Å². The summed E-state index contributed by atoms with van der Waals surface area (Å²) in [5.74, 6) is 1.04. The first-order valence-electron chi connectivity index (χ1n) is 5.25. The van der Waals surface area contributed by atoms with Crippen LogP contribution in [0.15, 0.2) is 12.4 Å². The second-order valence-corrected chi connectivity index (χ2v) is 4.81. The zero-order chi connectivity index (χ0) is 11.6. The third kappa shape index (κ3) is 2.58. The Hall–Kier alpha value is -0.870. The van der Waals surface area contributed by atoms with Crippen molar-refractivity contribution < 1.29 is 0 Å². The molecular weight excluding hydrogens is 188 g/mol. The Balaban J connectivity index is 2.71. The molecule has 15 heavy (non-hydrogen) atoms. The van der Waals surface area contributed by atoms with Crippen LogP contribution in [0.1, 0.15) is 19.7 Å². The van der Waals surface area contributed by atoms with E-state index >= 15 is 0 Å². The molecule has 1 atom stereocenters. The lowest BCUT2D eigenvalue weighted by molar-refractivity contribution is 0.156. The van der Waals surface area contributed by atoms with Crippen molar-refractivity contribution in [2.24, 2.45) is 12.8 Å². The average Bonchev–Trinajstić information content (AvgIpc) is 2.51. The van der Waals surface area contributed by atoms with E-state index in [2.05, 4.69) is 37.8 Å². The Morgan fingerprint density at radius 3 is 2.53 bits per heavy atom. The lowest BCUT2D eigenvalue weighted by atomic mass is 9.91. The Bertz CT molecular complexity index is 314. The molecule has 0 aliphatic carbocycles. The van der Waals surface area contributed by atoms with Crippen molar-refractivity contribution in [1.29, 1.82) is 0 Å². The SMILES string of the molecule is CN(C)C(C)(C)C(N)Cc1nccn1C. The summed E-state index contributed by atoms with van der Waals surface area (Å²) in [5, 5.41) is 0. The van der Waals surface area contributed by atoms with E-state index in [1.54, 1.807) is 0 Å². The van der Waals surface area contributed by atoms with Gasteiger partial charge in [-0.1, -0.05) is 0 Å². The molecule has 4 heteroatoms. The van der Waals surface area contributed by atoms with Gasteiger partial charge in [-0.25, -0.2) is 4.98 Å². The van der Waals surface area contributed by atoms with Gasteiger partial charge in [-0.3, -0.25) is 0 Å². The predicted octanol–water partition coefficient (Wildman–Crippen LogP) is 0.630. The number of rotatable bonds is 4. The molecule has 1 aromatic heterocycles. The molecule has 86 valence electrons. The zero-order valence-electron chi connectivity index (χ0n) is 10.4. The quantitative estimate of drug-likeness (QED) is 0.793. The number of aryl methyl sites for hydroxylation is 1. The van der Waals surface area contributed by atoms with Crippen LogP contribution in [0.5, 0.6) is 0 Å². The van der Waals surface area contributed by atoms with Crippen molar-refractivity contribution in [3.63, 3.8) is 0 Å². The minimum absolute atomic E-state index is 0.0219. The molecule has 0 aliphatic rings. The first-order chi connectivity index (χ1) is 6.85. The van der Waals surface area contributed by atoms with Crippen LogP contribution in [0.2, 0.25) is 0 Å². The normalized spacial score (nSPS) is 14.6. The fraction of sp³-hybridized carbons (Fsp3) is 0.727. The van der Waals surface area contributed by atoms with Gasteiger partial charge in [0.2, 0.25) is 0 Å². The van der Waals surface area contributed by atoms with Crippen LogP contribution < -0.4 is 5.73 Å². The lowest BCUT2D eigenvalue weighted by Crippen LogP contribution is -2.54. The highest BCUT2D eigenvalue weighted by Gasteiger charge is 2.29. The van der Waals surface area contributed by atoms with Crippen LogP contribution in [0, 0.1) is 0 Å². The van der Waals surface area contributed by atoms with Crippen molar-refractivity contribution in [1.82, 2.24) is 14.5 Å². The van der Waals surface area contributed by atoms with Crippen LogP contribution in [0.3, 0.4) is 0 Å². The molecule has 4 nitrogen and oxygen atoms in total. The Kier molecular flexibility index (Phi) is 3.52. The number of imidazole rings is 1. The minimum Gasteiger partial charge on any atom is -0.338 e. The molecule has 0 aromatic carbocycles. The molecule has 0 amide bonds. The molecule has 0 radical (unpaired) electrons. The first-order valence-corrected chi connectivity index (χ1v) is 5.25. The second-order valence-electron chi connectivity index (χ2n) is 4.81. The molecule has 1 unspecified atom stereocenters. The summed E-state index contributed by atoms with van der Waals surface area (Å²) >= 11 is 0. The molecule has 1 heterocycles. The molecular formula is C11H22N4. The first kappa shape index (κ1) is 12.2. The van der Waals surface area contributed by atoms with Gasteiger partial charge in [-0.15, -0.1) is 0 Å². The Morgan fingerprint density at radius 1 is 1.53 bits per heavy atom. The number of likely N-dealkylation sites (N-methyl/N-ethyl adjacent to an activating group) is 1. The van der Waals surface area contributed by atoms with E-state index in [9.17, 15) is 0 Å². The van der Waals surface area contributed by atoms with Gasteiger partial charge in [0, 0.05) is 37.4 Å². The molecule has 1 rings (SSSR count). The maximum absolute atomic E-state index is 6.22. The fourth-order valence-corrected chi connectivity index (χ4v) is 1.37. The van der Waals surface area contributed by atoms with E-state index in [0.29, 0.717) is 0 Å². The average molecular weight is 210 g/mol. The zero-order valence-corrected chi connectivity index (χ0v) is 10.4. The van der Waals surface area contributed by atoms with Crippen LogP contribution in [-0.4, -0.2) is 40.1 Å². The van der Waals surface area contributed by atoms with Gasteiger partial charge in [0.05, 0.1) is 0 Å². The summed E-state index contributed by atoms with van der Waals surface area (Å²) in [6.45, 7) is 4.31. The fourth-order valence-electron chi connectivity index (χ4n) is 1.37. The lowest BCUT2D eigenvalue weighted by Gasteiger charge is -2.38. The summed E-state index contributed by atoms with van der Waals surface area (Å²) in [4.78, 5) is 6.45. The van der Waals surface area contributed by atoms with Gasteiger partial charge in [-0.05, 0) is 27.9 Å². The number of hydrogen-bond acceptors (Lipinski definition) is 3. The van der Waals surface area contributed by atoms with Gasteiger partial charge in [0.1, 0.15) is 5.82 Å². The summed E-state index contributed by atoms with van der Waals surface area (Å²) in [5.41, 5.74) is 6.20. The number of nitrogens with two attached hydrogens (primary N) is 1. The van der Waals surface area contributed by atoms with Crippen molar-refractivity contribution in [3.8, 4) is 0 Å². The van der Waals surface area contributed by atoms with E-state index in [-0.39, 0.29) is 11.6 Å². The molecule has 0 saturated heterocycles. The number of nitrogens with zero attached hydrogens (tertiary/aromatic N) is 3. The maximum atomic E-state index is 6.22. The van der Waals surface area contributed by atoms with Crippen LogP contribution >= 0.6 is 0 Å². The molecule has 0 spiro atoms. The van der Waals surface area contributed by atoms with E-state index < -0.39 is 0 Å². The second kappa shape index (κ2) is 4.33. The summed E-state index contributed by atoms with van der Waals surface area (Å²) in [6.07, 6.45) is 4.56. The Labute approximate surface area is 92.1 Å². The smallest absolute Gasteiger partial charge is 0.109 e. The van der Waals surface area contributed by atoms with E-state index in [4.69, 9.17) is 5.73 Å². The highest BCUT2D eigenvalue weighted by atomic mass is 15.2.